The van der Waals surface area contributed by atoms with Gasteiger partial charge in [0.2, 0.25) is 0 Å². The highest BCUT2D eigenvalue weighted by Gasteiger charge is 2.28. The second-order valence-corrected chi connectivity index (χ2v) is 6.01. The monoisotopic (exact) mass is 283 g/mol. The molecule has 1 N–H and O–H groups in total. The van der Waals surface area contributed by atoms with Gasteiger partial charge >= 0.3 is 0 Å². The molecule has 0 saturated heterocycles. The predicted octanol–water partition coefficient (Wildman–Crippen LogP) is 3.99. The zero-order valence-electron chi connectivity index (χ0n) is 12.7. The van der Waals surface area contributed by atoms with Crippen molar-refractivity contribution < 1.29 is 4.39 Å². The summed E-state index contributed by atoms with van der Waals surface area (Å²) in [4.78, 5) is 0. The average Bonchev–Trinajstić information content (AvgIpc) is 2.91. The van der Waals surface area contributed by atoms with Gasteiger partial charge in [-0.1, -0.05) is 30.3 Å². The molecule has 1 aliphatic carbocycles. The van der Waals surface area contributed by atoms with Crippen molar-refractivity contribution in [3.63, 3.8) is 0 Å². The molecule has 21 heavy (non-hydrogen) atoms. The van der Waals surface area contributed by atoms with Crippen LogP contribution >= 0.6 is 0 Å². The van der Waals surface area contributed by atoms with E-state index < -0.39 is 0 Å². The fourth-order valence-corrected chi connectivity index (χ4v) is 3.58. The van der Waals surface area contributed by atoms with Crippen molar-refractivity contribution in [3.8, 4) is 0 Å². The molecule has 0 saturated carbocycles. The second-order valence-electron chi connectivity index (χ2n) is 6.01. The Morgan fingerprint density at radius 3 is 2.81 bits per heavy atom. The minimum absolute atomic E-state index is 0.150. The Kier molecular flexibility index (Phi) is 4.07. The number of aryl methyl sites for hydroxylation is 2. The summed E-state index contributed by atoms with van der Waals surface area (Å²) in [5.41, 5.74) is 5.25. The van der Waals surface area contributed by atoms with E-state index in [0.717, 1.165) is 12.0 Å². The standard InChI is InChI=1S/C19H22FN/c1-13-11-16(20)9-7-15(13)12-19(21-2)18-10-8-14-5-3-4-6-17(14)18/h3-7,9,11,18-19,21H,8,10,12H2,1-2H3. The third-order valence-corrected chi connectivity index (χ3v) is 4.78. The molecule has 2 unspecified atom stereocenters. The Morgan fingerprint density at radius 1 is 1.24 bits per heavy atom. The Bertz CT molecular complexity index is 635. The van der Waals surface area contributed by atoms with E-state index in [1.807, 2.05) is 20.0 Å². The lowest BCUT2D eigenvalue weighted by atomic mass is 9.88. The quantitative estimate of drug-likeness (QED) is 0.894. The largest absolute Gasteiger partial charge is 0.316 e. The Balaban J connectivity index is 1.83. The van der Waals surface area contributed by atoms with Crippen LogP contribution in [0.5, 0.6) is 0 Å². The molecule has 2 heteroatoms. The molecule has 0 amide bonds. The van der Waals surface area contributed by atoms with Crippen LogP contribution < -0.4 is 5.32 Å². The summed E-state index contributed by atoms with van der Waals surface area (Å²) >= 11 is 0. The molecule has 0 aromatic heterocycles. The zero-order chi connectivity index (χ0) is 14.8. The van der Waals surface area contributed by atoms with E-state index >= 15 is 0 Å². The molecule has 0 radical (unpaired) electrons. The maximum absolute atomic E-state index is 13.2. The Morgan fingerprint density at radius 2 is 2.05 bits per heavy atom. The van der Waals surface area contributed by atoms with Crippen LogP contribution in [0.25, 0.3) is 0 Å². The number of nitrogens with one attached hydrogen (secondary N) is 1. The zero-order valence-corrected chi connectivity index (χ0v) is 12.7. The maximum atomic E-state index is 13.2. The number of benzene rings is 2. The number of hydrogen-bond donors (Lipinski definition) is 1. The summed E-state index contributed by atoms with van der Waals surface area (Å²) in [5.74, 6) is 0.402. The lowest BCUT2D eigenvalue weighted by Gasteiger charge is -2.25. The van der Waals surface area contributed by atoms with Crippen LogP contribution in [0, 0.1) is 12.7 Å². The highest BCUT2D eigenvalue weighted by Crippen LogP contribution is 2.36. The molecule has 3 rings (SSSR count). The van der Waals surface area contributed by atoms with Crippen molar-refractivity contribution in [1.82, 2.24) is 5.32 Å². The van der Waals surface area contributed by atoms with Crippen LogP contribution in [0.4, 0.5) is 4.39 Å². The molecule has 0 fully saturated rings. The van der Waals surface area contributed by atoms with Crippen molar-refractivity contribution in [2.45, 2.75) is 38.1 Å². The molecule has 1 nitrogen and oxygen atoms in total. The minimum Gasteiger partial charge on any atom is -0.316 e. The van der Waals surface area contributed by atoms with Gasteiger partial charge in [0.25, 0.3) is 0 Å². The van der Waals surface area contributed by atoms with Crippen LogP contribution in [0.3, 0.4) is 0 Å². The average molecular weight is 283 g/mol. The topological polar surface area (TPSA) is 12.0 Å². The van der Waals surface area contributed by atoms with Crippen molar-refractivity contribution >= 4 is 0 Å². The summed E-state index contributed by atoms with van der Waals surface area (Å²) < 4.78 is 13.2. The van der Waals surface area contributed by atoms with Gasteiger partial charge in [-0.15, -0.1) is 0 Å². The molecule has 0 heterocycles. The number of likely N-dealkylation sites (N-methyl/N-ethyl adjacent to an activating group) is 1. The third-order valence-electron chi connectivity index (χ3n) is 4.78. The fraction of sp³-hybridized carbons (Fsp3) is 0.368. The molecule has 2 aromatic carbocycles. The van der Waals surface area contributed by atoms with E-state index in [1.54, 1.807) is 12.1 Å². The summed E-state index contributed by atoms with van der Waals surface area (Å²) in [5, 5.41) is 3.48. The lowest BCUT2D eigenvalue weighted by molar-refractivity contribution is 0.455. The van der Waals surface area contributed by atoms with Gasteiger partial charge in [0, 0.05) is 12.0 Å². The maximum Gasteiger partial charge on any atom is 0.123 e. The molecule has 0 aliphatic heterocycles. The highest BCUT2D eigenvalue weighted by atomic mass is 19.1. The predicted molar refractivity (Wildman–Crippen MR) is 85.2 cm³/mol. The van der Waals surface area contributed by atoms with Gasteiger partial charge in [-0.25, -0.2) is 4.39 Å². The van der Waals surface area contributed by atoms with Gasteiger partial charge in [0.15, 0.2) is 0 Å². The first-order valence-electron chi connectivity index (χ1n) is 7.69. The van der Waals surface area contributed by atoms with E-state index in [4.69, 9.17) is 0 Å². The molecule has 2 aromatic rings. The van der Waals surface area contributed by atoms with Gasteiger partial charge in [0.05, 0.1) is 0 Å². The van der Waals surface area contributed by atoms with Gasteiger partial charge in [-0.05, 0) is 67.6 Å². The van der Waals surface area contributed by atoms with Crippen LogP contribution in [0.2, 0.25) is 0 Å². The van der Waals surface area contributed by atoms with E-state index in [2.05, 4.69) is 29.6 Å². The van der Waals surface area contributed by atoms with Gasteiger partial charge in [-0.3, -0.25) is 0 Å². The molecule has 110 valence electrons. The van der Waals surface area contributed by atoms with Crippen LogP contribution in [-0.4, -0.2) is 13.1 Å². The van der Waals surface area contributed by atoms with E-state index in [0.29, 0.717) is 12.0 Å². The highest BCUT2D eigenvalue weighted by molar-refractivity contribution is 5.37. The van der Waals surface area contributed by atoms with Crippen molar-refractivity contribution in [3.05, 3.63) is 70.5 Å². The number of halogens is 1. The van der Waals surface area contributed by atoms with Crippen LogP contribution in [0.1, 0.15) is 34.6 Å². The molecule has 0 spiro atoms. The van der Waals surface area contributed by atoms with E-state index in [1.165, 1.54) is 29.5 Å². The third kappa shape index (κ3) is 2.86. The van der Waals surface area contributed by atoms with E-state index in [9.17, 15) is 4.39 Å². The molecular formula is C19H22FN. The molecular weight excluding hydrogens is 261 g/mol. The van der Waals surface area contributed by atoms with Gasteiger partial charge in [-0.2, -0.15) is 0 Å². The van der Waals surface area contributed by atoms with Crippen LogP contribution in [-0.2, 0) is 12.8 Å². The first kappa shape index (κ1) is 14.3. The van der Waals surface area contributed by atoms with E-state index in [-0.39, 0.29) is 5.82 Å². The summed E-state index contributed by atoms with van der Waals surface area (Å²) in [6.07, 6.45) is 3.31. The fourth-order valence-electron chi connectivity index (χ4n) is 3.58. The summed E-state index contributed by atoms with van der Waals surface area (Å²) in [6.45, 7) is 1.99. The number of fused-ring (bicyclic) bond motifs is 1. The lowest BCUT2D eigenvalue weighted by Crippen LogP contribution is -2.33. The number of rotatable bonds is 4. The van der Waals surface area contributed by atoms with Crippen LogP contribution in [0.15, 0.2) is 42.5 Å². The summed E-state index contributed by atoms with van der Waals surface area (Å²) in [7, 11) is 2.03. The molecule has 0 bridgehead atoms. The van der Waals surface area contributed by atoms with Gasteiger partial charge in [0.1, 0.15) is 5.82 Å². The first-order valence-corrected chi connectivity index (χ1v) is 7.69. The molecule has 1 aliphatic rings. The van der Waals surface area contributed by atoms with Crippen molar-refractivity contribution in [1.29, 1.82) is 0 Å². The Labute approximate surface area is 126 Å². The first-order chi connectivity index (χ1) is 10.2. The SMILES string of the molecule is CNC(Cc1ccc(F)cc1C)C1CCc2ccccc21. The molecule has 2 atom stereocenters. The normalized spacial score (nSPS) is 18.5. The smallest absolute Gasteiger partial charge is 0.123 e. The van der Waals surface area contributed by atoms with Gasteiger partial charge < -0.3 is 5.32 Å². The second kappa shape index (κ2) is 5.98. The number of hydrogen-bond acceptors (Lipinski definition) is 1. The minimum atomic E-state index is -0.150. The summed E-state index contributed by atoms with van der Waals surface area (Å²) in [6, 6.07) is 14.3. The van der Waals surface area contributed by atoms with Crippen molar-refractivity contribution in [2.75, 3.05) is 7.05 Å². The van der Waals surface area contributed by atoms with Crippen molar-refractivity contribution in [2.24, 2.45) is 0 Å². The Hall–Kier alpha value is -1.67.